The summed E-state index contributed by atoms with van der Waals surface area (Å²) in [6, 6.07) is 3.87. The highest BCUT2D eigenvalue weighted by atomic mass is 19.4. The molecule has 1 nitrogen and oxygen atoms in total. The lowest BCUT2D eigenvalue weighted by molar-refractivity contribution is -0.138. The Kier molecular flexibility index (Phi) is 3.97. The van der Waals surface area contributed by atoms with Gasteiger partial charge in [0.05, 0.1) is 5.56 Å². The second kappa shape index (κ2) is 4.87. The fraction of sp³-hybridized carbons (Fsp3) is 0.500. The van der Waals surface area contributed by atoms with Gasteiger partial charge in [-0.3, -0.25) is 0 Å². The van der Waals surface area contributed by atoms with Gasteiger partial charge in [-0.05, 0) is 30.5 Å². The molecular weight excluding hydrogens is 215 g/mol. The zero-order chi connectivity index (χ0) is 12.3. The lowest BCUT2D eigenvalue weighted by atomic mass is 9.94. The summed E-state index contributed by atoms with van der Waals surface area (Å²) < 4.78 is 37.9. The largest absolute Gasteiger partial charge is 0.416 e. The maximum Gasteiger partial charge on any atom is 0.416 e. The zero-order valence-electron chi connectivity index (χ0n) is 9.43. The van der Waals surface area contributed by atoms with E-state index in [4.69, 9.17) is 5.73 Å². The topological polar surface area (TPSA) is 26.0 Å². The van der Waals surface area contributed by atoms with E-state index in [0.717, 1.165) is 12.5 Å². The zero-order valence-corrected chi connectivity index (χ0v) is 9.43. The summed E-state index contributed by atoms with van der Waals surface area (Å²) in [4.78, 5) is 0. The van der Waals surface area contributed by atoms with E-state index in [0.29, 0.717) is 12.0 Å². The van der Waals surface area contributed by atoms with Gasteiger partial charge in [0.1, 0.15) is 0 Å². The van der Waals surface area contributed by atoms with E-state index < -0.39 is 11.7 Å². The first-order chi connectivity index (χ1) is 7.38. The number of halogens is 3. The summed E-state index contributed by atoms with van der Waals surface area (Å²) in [6.45, 7) is 3.44. The lowest BCUT2D eigenvalue weighted by Gasteiger charge is -2.18. The second-order valence-corrected chi connectivity index (χ2v) is 3.91. The lowest BCUT2D eigenvalue weighted by Crippen LogP contribution is -2.15. The van der Waals surface area contributed by atoms with Crippen molar-refractivity contribution in [1.82, 2.24) is 0 Å². The van der Waals surface area contributed by atoms with Gasteiger partial charge in [0.15, 0.2) is 0 Å². The van der Waals surface area contributed by atoms with Gasteiger partial charge in [-0.25, -0.2) is 0 Å². The van der Waals surface area contributed by atoms with Crippen LogP contribution in [0.2, 0.25) is 0 Å². The predicted molar refractivity (Wildman–Crippen MR) is 58.0 cm³/mol. The van der Waals surface area contributed by atoms with Crippen LogP contribution >= 0.6 is 0 Å². The van der Waals surface area contributed by atoms with E-state index in [1.807, 2.05) is 6.92 Å². The van der Waals surface area contributed by atoms with Crippen molar-refractivity contribution >= 4 is 0 Å². The average Bonchev–Trinajstić information content (AvgIpc) is 2.16. The first-order valence-corrected chi connectivity index (χ1v) is 5.30. The number of hydrogen-bond acceptors (Lipinski definition) is 1. The Bertz CT molecular complexity index is 358. The van der Waals surface area contributed by atoms with E-state index in [2.05, 4.69) is 0 Å². The highest BCUT2D eigenvalue weighted by Gasteiger charge is 2.33. The van der Waals surface area contributed by atoms with Crippen molar-refractivity contribution < 1.29 is 13.2 Å². The Balaban J connectivity index is 3.14. The van der Waals surface area contributed by atoms with E-state index >= 15 is 0 Å². The minimum Gasteiger partial charge on any atom is -0.324 e. The summed E-state index contributed by atoms with van der Waals surface area (Å²) in [5.74, 6) is 0. The summed E-state index contributed by atoms with van der Waals surface area (Å²) in [5, 5.41) is 0. The normalized spacial score (nSPS) is 13.9. The molecule has 0 aliphatic rings. The molecule has 0 unspecified atom stereocenters. The van der Waals surface area contributed by atoms with Crippen LogP contribution in [-0.4, -0.2) is 0 Å². The molecule has 90 valence electrons. The SMILES string of the molecule is CCC[C@H](N)c1cccc(C(F)(F)F)c1C. The first-order valence-electron chi connectivity index (χ1n) is 5.30. The monoisotopic (exact) mass is 231 g/mol. The van der Waals surface area contributed by atoms with Crippen LogP contribution in [0.25, 0.3) is 0 Å². The minimum atomic E-state index is -4.30. The number of rotatable bonds is 3. The summed E-state index contributed by atoms with van der Waals surface area (Å²) >= 11 is 0. The third-order valence-corrected chi connectivity index (χ3v) is 2.68. The Labute approximate surface area is 93.5 Å². The van der Waals surface area contributed by atoms with E-state index in [-0.39, 0.29) is 11.6 Å². The molecule has 0 spiro atoms. The molecule has 0 radical (unpaired) electrons. The van der Waals surface area contributed by atoms with Crippen molar-refractivity contribution in [2.75, 3.05) is 0 Å². The highest BCUT2D eigenvalue weighted by molar-refractivity contribution is 5.37. The molecule has 16 heavy (non-hydrogen) atoms. The van der Waals surface area contributed by atoms with Gasteiger partial charge < -0.3 is 5.73 Å². The predicted octanol–water partition coefficient (Wildman–Crippen LogP) is 3.81. The molecule has 0 aliphatic carbocycles. The minimum absolute atomic E-state index is 0.246. The molecule has 0 aliphatic heterocycles. The van der Waals surface area contributed by atoms with Crippen molar-refractivity contribution in [1.29, 1.82) is 0 Å². The van der Waals surface area contributed by atoms with Crippen LogP contribution in [-0.2, 0) is 6.18 Å². The van der Waals surface area contributed by atoms with Gasteiger partial charge in [-0.2, -0.15) is 13.2 Å². The Morgan fingerprint density at radius 1 is 1.31 bits per heavy atom. The van der Waals surface area contributed by atoms with Gasteiger partial charge in [-0.15, -0.1) is 0 Å². The Morgan fingerprint density at radius 2 is 1.94 bits per heavy atom. The van der Waals surface area contributed by atoms with Crippen LogP contribution in [0.5, 0.6) is 0 Å². The summed E-state index contributed by atoms with van der Waals surface area (Å²) in [6.07, 6.45) is -2.75. The Hall–Kier alpha value is -1.03. The summed E-state index contributed by atoms with van der Waals surface area (Å²) in [7, 11) is 0. The van der Waals surface area contributed by atoms with Crippen LogP contribution in [0.4, 0.5) is 13.2 Å². The highest BCUT2D eigenvalue weighted by Crippen LogP contribution is 2.34. The molecular formula is C12H16F3N. The van der Waals surface area contributed by atoms with Gasteiger partial charge in [0.2, 0.25) is 0 Å². The van der Waals surface area contributed by atoms with Gasteiger partial charge >= 0.3 is 6.18 Å². The average molecular weight is 231 g/mol. The number of benzene rings is 1. The third-order valence-electron chi connectivity index (χ3n) is 2.68. The Morgan fingerprint density at radius 3 is 2.44 bits per heavy atom. The number of hydrogen-bond donors (Lipinski definition) is 1. The van der Waals surface area contributed by atoms with Gasteiger partial charge in [0.25, 0.3) is 0 Å². The van der Waals surface area contributed by atoms with E-state index in [9.17, 15) is 13.2 Å². The molecule has 1 atom stereocenters. The second-order valence-electron chi connectivity index (χ2n) is 3.91. The maximum atomic E-state index is 12.6. The smallest absolute Gasteiger partial charge is 0.324 e. The van der Waals surface area contributed by atoms with Crippen molar-refractivity contribution in [2.45, 2.75) is 38.9 Å². The molecule has 2 N–H and O–H groups in total. The molecule has 0 heterocycles. The van der Waals surface area contributed by atoms with Crippen molar-refractivity contribution in [2.24, 2.45) is 5.73 Å². The quantitative estimate of drug-likeness (QED) is 0.841. The molecule has 0 aromatic heterocycles. The van der Waals surface area contributed by atoms with Gasteiger partial charge in [0, 0.05) is 6.04 Å². The summed E-state index contributed by atoms with van der Waals surface area (Å²) in [5.41, 5.74) is 6.11. The molecule has 0 amide bonds. The molecule has 4 heteroatoms. The molecule has 0 fully saturated rings. The number of alkyl halides is 3. The number of nitrogens with two attached hydrogens (primary N) is 1. The molecule has 1 aromatic rings. The van der Waals surface area contributed by atoms with Crippen LogP contribution in [0.3, 0.4) is 0 Å². The first kappa shape index (κ1) is 13.0. The van der Waals surface area contributed by atoms with Gasteiger partial charge in [-0.1, -0.05) is 25.5 Å². The fourth-order valence-corrected chi connectivity index (χ4v) is 1.83. The van der Waals surface area contributed by atoms with E-state index in [1.165, 1.54) is 13.0 Å². The molecule has 0 bridgehead atoms. The van der Waals surface area contributed by atoms with Crippen LogP contribution in [0.15, 0.2) is 18.2 Å². The maximum absolute atomic E-state index is 12.6. The van der Waals surface area contributed by atoms with Crippen molar-refractivity contribution in [3.8, 4) is 0 Å². The van der Waals surface area contributed by atoms with Crippen LogP contribution < -0.4 is 5.73 Å². The molecule has 0 saturated carbocycles. The standard InChI is InChI=1S/C12H16F3N/c1-3-5-11(16)9-6-4-7-10(8(9)2)12(13,14)15/h4,6-7,11H,3,5,16H2,1-2H3/t11-/m0/s1. The van der Waals surface area contributed by atoms with E-state index in [1.54, 1.807) is 6.07 Å². The third kappa shape index (κ3) is 2.76. The molecule has 1 rings (SSSR count). The van der Waals surface area contributed by atoms with Crippen molar-refractivity contribution in [3.63, 3.8) is 0 Å². The van der Waals surface area contributed by atoms with Crippen LogP contribution in [0.1, 0.15) is 42.5 Å². The molecule has 1 aromatic carbocycles. The molecule has 0 saturated heterocycles. The fourth-order valence-electron chi connectivity index (χ4n) is 1.83. The van der Waals surface area contributed by atoms with Crippen molar-refractivity contribution in [3.05, 3.63) is 34.9 Å². The van der Waals surface area contributed by atoms with Crippen LogP contribution in [0, 0.1) is 6.92 Å².